The second-order valence-electron chi connectivity index (χ2n) is 5.46. The van der Waals surface area contributed by atoms with E-state index in [1.54, 1.807) is 12.3 Å². The number of hydrogen-bond donors (Lipinski definition) is 1. The van der Waals surface area contributed by atoms with Crippen LogP contribution in [0.25, 0.3) is 0 Å². The van der Waals surface area contributed by atoms with Crippen LogP contribution in [0, 0.1) is 18.7 Å². The molecular weight excluding hydrogens is 276 g/mol. The number of halogens is 2. The number of aryl methyl sites for hydroxylation is 1. The van der Waals surface area contributed by atoms with Gasteiger partial charge in [0, 0.05) is 43.2 Å². The molecule has 3 rings (SSSR count). The summed E-state index contributed by atoms with van der Waals surface area (Å²) >= 11 is 0. The fraction of sp³-hybridized carbons (Fsp3) is 0.500. The first-order valence-electron chi connectivity index (χ1n) is 6.93. The second kappa shape index (κ2) is 5.85. The highest BCUT2D eigenvalue weighted by Crippen LogP contribution is 2.32. The fourth-order valence-electron chi connectivity index (χ4n) is 2.84. The number of nitrogens with one attached hydrogen (secondary N) is 1. The number of aromatic amines is 1. The first kappa shape index (κ1) is 14.1. The van der Waals surface area contributed by atoms with Crippen LogP contribution in [0.5, 0.6) is 0 Å². The van der Waals surface area contributed by atoms with E-state index < -0.39 is 6.67 Å². The number of nitrogens with zero attached hydrogens (tertiary/aromatic N) is 4. The van der Waals surface area contributed by atoms with Crippen LogP contribution in [0.1, 0.15) is 23.1 Å². The summed E-state index contributed by atoms with van der Waals surface area (Å²) in [6.07, 6.45) is 2.77. The Morgan fingerprint density at radius 1 is 1.43 bits per heavy atom. The molecule has 0 saturated carbocycles. The molecule has 0 bridgehead atoms. The zero-order valence-corrected chi connectivity index (χ0v) is 11.8. The van der Waals surface area contributed by atoms with Crippen molar-refractivity contribution < 1.29 is 8.78 Å². The van der Waals surface area contributed by atoms with E-state index in [2.05, 4.69) is 20.2 Å². The largest absolute Gasteiger partial charge is 0.298 e. The van der Waals surface area contributed by atoms with Crippen LogP contribution < -0.4 is 0 Å². The van der Waals surface area contributed by atoms with Crippen molar-refractivity contribution in [3.05, 3.63) is 41.5 Å². The second-order valence-corrected chi connectivity index (χ2v) is 5.46. The quantitative estimate of drug-likeness (QED) is 0.934. The molecule has 1 aliphatic heterocycles. The number of likely N-dealkylation sites (tertiary alicyclic amines) is 1. The highest BCUT2D eigenvalue weighted by atomic mass is 19.1. The van der Waals surface area contributed by atoms with Gasteiger partial charge in [0.1, 0.15) is 11.6 Å². The molecule has 1 saturated heterocycles. The van der Waals surface area contributed by atoms with Crippen molar-refractivity contribution in [2.75, 3.05) is 19.8 Å². The van der Waals surface area contributed by atoms with Gasteiger partial charge < -0.3 is 0 Å². The molecule has 0 unspecified atom stereocenters. The van der Waals surface area contributed by atoms with E-state index in [1.807, 2.05) is 11.8 Å². The van der Waals surface area contributed by atoms with Crippen molar-refractivity contribution in [1.29, 1.82) is 0 Å². The Morgan fingerprint density at radius 2 is 2.29 bits per heavy atom. The molecule has 1 aliphatic rings. The van der Waals surface area contributed by atoms with E-state index in [9.17, 15) is 8.78 Å². The number of alkyl halides is 1. The van der Waals surface area contributed by atoms with Gasteiger partial charge in [-0.25, -0.2) is 9.37 Å². The predicted molar refractivity (Wildman–Crippen MR) is 72.8 cm³/mol. The van der Waals surface area contributed by atoms with Gasteiger partial charge in [-0.1, -0.05) is 0 Å². The van der Waals surface area contributed by atoms with Crippen molar-refractivity contribution in [3.63, 3.8) is 0 Å². The lowest BCUT2D eigenvalue weighted by Crippen LogP contribution is -2.21. The smallest absolute Gasteiger partial charge is 0.155 e. The van der Waals surface area contributed by atoms with Crippen molar-refractivity contribution in [1.82, 2.24) is 25.1 Å². The van der Waals surface area contributed by atoms with Crippen LogP contribution in [0.15, 0.2) is 18.5 Å². The molecule has 1 N–H and O–H groups in total. The average molecular weight is 293 g/mol. The Kier molecular flexibility index (Phi) is 3.92. The van der Waals surface area contributed by atoms with Gasteiger partial charge in [-0.2, -0.15) is 5.10 Å². The van der Waals surface area contributed by atoms with Gasteiger partial charge in [0.25, 0.3) is 0 Å². The number of pyridine rings is 1. The maximum atomic E-state index is 13.7. The van der Waals surface area contributed by atoms with Crippen molar-refractivity contribution in [2.45, 2.75) is 19.4 Å². The van der Waals surface area contributed by atoms with Crippen LogP contribution >= 0.6 is 0 Å². The predicted octanol–water partition coefficient (Wildman–Crippen LogP) is 1.83. The molecule has 0 aromatic carbocycles. The van der Waals surface area contributed by atoms with E-state index in [0.29, 0.717) is 31.0 Å². The summed E-state index contributed by atoms with van der Waals surface area (Å²) in [4.78, 5) is 10.1. The van der Waals surface area contributed by atoms with Gasteiger partial charge >= 0.3 is 0 Å². The normalized spacial score (nSPS) is 22.8. The highest BCUT2D eigenvalue weighted by Gasteiger charge is 2.36. The lowest BCUT2D eigenvalue weighted by atomic mass is 9.97. The fourth-order valence-corrected chi connectivity index (χ4v) is 2.84. The number of aromatic nitrogens is 4. The molecule has 0 radical (unpaired) electrons. The van der Waals surface area contributed by atoms with Gasteiger partial charge in [0.15, 0.2) is 5.82 Å². The first-order valence-corrected chi connectivity index (χ1v) is 6.93. The minimum Gasteiger partial charge on any atom is -0.298 e. The lowest BCUT2D eigenvalue weighted by molar-refractivity contribution is 0.292. The molecule has 112 valence electrons. The molecule has 7 heteroatoms. The molecule has 0 spiro atoms. The van der Waals surface area contributed by atoms with Crippen LogP contribution in [-0.4, -0.2) is 44.8 Å². The molecule has 1 fully saturated rings. The number of rotatable bonds is 4. The SMILES string of the molecule is Cc1nc([C@@H]2CN(Cc3ccncc3F)C[C@H]2CF)n[nH]1. The molecule has 2 aromatic heterocycles. The number of hydrogen-bond acceptors (Lipinski definition) is 4. The molecule has 5 nitrogen and oxygen atoms in total. The molecule has 0 amide bonds. The van der Waals surface area contributed by atoms with E-state index in [4.69, 9.17) is 0 Å². The summed E-state index contributed by atoms with van der Waals surface area (Å²) in [7, 11) is 0. The Balaban J connectivity index is 1.74. The lowest BCUT2D eigenvalue weighted by Gasteiger charge is -2.15. The molecule has 2 aromatic rings. The zero-order chi connectivity index (χ0) is 14.8. The maximum absolute atomic E-state index is 13.7. The Bertz CT molecular complexity index is 615. The highest BCUT2D eigenvalue weighted by molar-refractivity contribution is 5.14. The number of H-pyrrole nitrogens is 1. The molecular formula is C14H17F2N5. The van der Waals surface area contributed by atoms with Crippen molar-refractivity contribution >= 4 is 0 Å². The van der Waals surface area contributed by atoms with Gasteiger partial charge in [-0.15, -0.1) is 0 Å². The van der Waals surface area contributed by atoms with Gasteiger partial charge in [-0.05, 0) is 13.0 Å². The van der Waals surface area contributed by atoms with Crippen LogP contribution in [-0.2, 0) is 6.54 Å². The molecule has 21 heavy (non-hydrogen) atoms. The van der Waals surface area contributed by atoms with Gasteiger partial charge in [-0.3, -0.25) is 19.4 Å². The van der Waals surface area contributed by atoms with Gasteiger partial charge in [0.05, 0.1) is 12.9 Å². The maximum Gasteiger partial charge on any atom is 0.155 e. The summed E-state index contributed by atoms with van der Waals surface area (Å²) in [6.45, 7) is 3.06. The van der Waals surface area contributed by atoms with Crippen molar-refractivity contribution in [2.24, 2.45) is 5.92 Å². The van der Waals surface area contributed by atoms with Crippen LogP contribution in [0.2, 0.25) is 0 Å². The zero-order valence-electron chi connectivity index (χ0n) is 11.8. The standard InChI is InChI=1S/C14H17F2N5/c1-9-18-14(20-19-9)12-8-21(7-11(12)4-15)6-10-2-3-17-5-13(10)16/h2-3,5,11-12H,4,6-8H2,1H3,(H,18,19,20)/t11-,12-/m1/s1. The topological polar surface area (TPSA) is 57.7 Å². The third kappa shape index (κ3) is 2.92. The monoisotopic (exact) mass is 293 g/mol. The van der Waals surface area contributed by atoms with E-state index in [1.165, 1.54) is 6.20 Å². The first-order chi connectivity index (χ1) is 10.2. The molecule has 3 heterocycles. The summed E-state index contributed by atoms with van der Waals surface area (Å²) in [5, 5.41) is 6.93. The Morgan fingerprint density at radius 3 is 2.95 bits per heavy atom. The van der Waals surface area contributed by atoms with E-state index in [0.717, 1.165) is 5.82 Å². The van der Waals surface area contributed by atoms with E-state index in [-0.39, 0.29) is 17.7 Å². The summed E-state index contributed by atoms with van der Waals surface area (Å²) in [6, 6.07) is 1.66. The molecule has 0 aliphatic carbocycles. The third-order valence-electron chi connectivity index (χ3n) is 3.91. The summed E-state index contributed by atoms with van der Waals surface area (Å²) in [5.41, 5.74) is 0.578. The third-order valence-corrected chi connectivity index (χ3v) is 3.91. The van der Waals surface area contributed by atoms with E-state index >= 15 is 0 Å². The minimum absolute atomic E-state index is 0.0511. The summed E-state index contributed by atoms with van der Waals surface area (Å²) < 4.78 is 26.9. The van der Waals surface area contributed by atoms with Crippen LogP contribution in [0.3, 0.4) is 0 Å². The Labute approximate surface area is 121 Å². The van der Waals surface area contributed by atoms with Crippen LogP contribution in [0.4, 0.5) is 8.78 Å². The average Bonchev–Trinajstić information content (AvgIpc) is 3.07. The summed E-state index contributed by atoms with van der Waals surface area (Å²) in [5.74, 6) is 0.843. The Hall–Kier alpha value is -1.89. The molecule has 2 atom stereocenters. The van der Waals surface area contributed by atoms with Gasteiger partial charge in [0.2, 0.25) is 0 Å². The minimum atomic E-state index is -0.423. The van der Waals surface area contributed by atoms with Crippen molar-refractivity contribution in [3.8, 4) is 0 Å².